The molecule has 6 atom stereocenters. The van der Waals surface area contributed by atoms with E-state index >= 15 is 0 Å². The molecule has 21 heteroatoms. The van der Waals surface area contributed by atoms with E-state index in [1.165, 1.54) is 0 Å². The van der Waals surface area contributed by atoms with Gasteiger partial charge in [0.2, 0.25) is 0 Å². The first-order valence-electron chi connectivity index (χ1n) is 7.70. The average molecular weight is 511 g/mol. The largest absolute Gasteiger partial charge is 0.490 e. The minimum atomic E-state index is -5.76. The van der Waals surface area contributed by atoms with Crippen LogP contribution in [0.25, 0.3) is 0 Å². The van der Waals surface area contributed by atoms with E-state index in [1.807, 2.05) is 0 Å². The van der Waals surface area contributed by atoms with Gasteiger partial charge in [0.05, 0.1) is 6.61 Å². The molecule has 0 radical (unpaired) electrons. The number of ether oxygens (including phenoxy) is 1. The first kappa shape index (κ1) is 25.9. The minimum Gasteiger partial charge on any atom is -0.387 e. The molecule has 1 aromatic heterocycles. The van der Waals surface area contributed by atoms with Crippen LogP contribution in [0.4, 0.5) is 0 Å². The predicted octanol–water partition coefficient (Wildman–Crippen LogP) is -2.70. The molecule has 18 nitrogen and oxygen atoms in total. The van der Waals surface area contributed by atoms with Crippen LogP contribution in [0, 0.1) is 0 Å². The van der Waals surface area contributed by atoms with Crippen molar-refractivity contribution < 1.29 is 66.2 Å². The van der Waals surface area contributed by atoms with E-state index in [0.29, 0.717) is 4.57 Å². The summed E-state index contributed by atoms with van der Waals surface area (Å²) in [5.74, 6) is -1.18. The van der Waals surface area contributed by atoms with Gasteiger partial charge in [-0.3, -0.25) is 18.7 Å². The zero-order valence-corrected chi connectivity index (χ0v) is 17.5. The topological polar surface area (TPSA) is 287 Å². The maximum atomic E-state index is 12.2. The highest BCUT2D eigenvalue weighted by Gasteiger charge is 2.46. The number of rotatable bonds is 9. The number of phosphoric ester groups is 1. The Hall–Kier alpha value is -1.36. The first-order valence-corrected chi connectivity index (χ1v) is 12.2. The van der Waals surface area contributed by atoms with Gasteiger partial charge in [0.1, 0.15) is 18.3 Å². The second-order valence-electron chi connectivity index (χ2n) is 5.79. The second kappa shape index (κ2) is 9.25. The van der Waals surface area contributed by atoms with Crippen LogP contribution in [0.1, 0.15) is 16.7 Å². The van der Waals surface area contributed by atoms with Crippen LogP contribution >= 0.6 is 23.5 Å². The van der Waals surface area contributed by atoms with Crippen LogP contribution in [-0.2, 0) is 31.6 Å². The summed E-state index contributed by atoms with van der Waals surface area (Å²) >= 11 is 0. The number of aliphatic hydroxyl groups excluding tert-OH is 2. The smallest absolute Gasteiger partial charge is 0.387 e. The number of nitrogens with zero attached hydrogens (tertiary/aromatic N) is 2. The van der Waals surface area contributed by atoms with Crippen LogP contribution in [-0.4, -0.2) is 70.2 Å². The third-order valence-corrected chi connectivity index (χ3v) is 7.33. The molecule has 0 aromatic carbocycles. The van der Waals surface area contributed by atoms with Crippen LogP contribution < -0.4 is 11.3 Å². The molecule has 8 N–H and O–H groups in total. The van der Waals surface area contributed by atoms with E-state index in [9.17, 15) is 38.4 Å². The predicted molar refractivity (Wildman–Crippen MR) is 92.8 cm³/mol. The Labute approximate surface area is 171 Å². The Morgan fingerprint density at radius 1 is 1.13 bits per heavy atom. The second-order valence-corrected chi connectivity index (χ2v) is 10.2. The minimum absolute atomic E-state index is 0.659. The van der Waals surface area contributed by atoms with Crippen LogP contribution in [0.2, 0.25) is 0 Å². The van der Waals surface area contributed by atoms with E-state index < -0.39 is 71.8 Å². The number of hydrogen-bond donors (Lipinski definition) is 7. The van der Waals surface area contributed by atoms with Gasteiger partial charge in [0.25, 0.3) is 11.5 Å². The van der Waals surface area contributed by atoms with Crippen molar-refractivity contribution >= 4 is 29.4 Å². The Morgan fingerprint density at radius 2 is 1.74 bits per heavy atom. The molecule has 4 unspecified atom stereocenters. The van der Waals surface area contributed by atoms with Gasteiger partial charge in [-0.1, -0.05) is 0 Å². The van der Waals surface area contributed by atoms with Gasteiger partial charge in [-0.25, -0.2) is 18.7 Å². The summed E-state index contributed by atoms with van der Waals surface area (Å²) in [6.07, 6.45) is -4.95. The Balaban J connectivity index is 2.11. The summed E-state index contributed by atoms with van der Waals surface area (Å²) < 4.78 is 50.7. The summed E-state index contributed by atoms with van der Waals surface area (Å²) in [5, 5.41) is 20.1. The summed E-state index contributed by atoms with van der Waals surface area (Å²) in [4.78, 5) is 62.3. The SMILES string of the molecule is NC(=O)c1nccn([C@H]2O[C@H](COP(=O)(O)OP(=O)(O)OP(=O)(O)O)C(O)C2O)c1=O. The van der Waals surface area contributed by atoms with Crippen molar-refractivity contribution in [3.63, 3.8) is 0 Å². The quantitative estimate of drug-likeness (QED) is 0.166. The van der Waals surface area contributed by atoms with Crippen molar-refractivity contribution in [1.29, 1.82) is 0 Å². The van der Waals surface area contributed by atoms with Gasteiger partial charge in [-0.15, -0.1) is 0 Å². The highest BCUT2D eigenvalue weighted by atomic mass is 31.3. The van der Waals surface area contributed by atoms with Gasteiger partial charge in [0, 0.05) is 12.4 Å². The zero-order chi connectivity index (χ0) is 23.8. The standard InChI is InChI=1S/C10H16N3O15P3/c11-8(16)5-9(17)13(2-1-12-5)10-7(15)6(14)4(26-10)3-25-30(21,22)28-31(23,24)27-29(18,19)20/h1-2,4,6-7,10,14-15H,3H2,(H2,11,16)(H,21,22)(H,23,24)(H2,18,19,20)/t4-,6?,7?,10+/m1/s1. The highest BCUT2D eigenvalue weighted by molar-refractivity contribution is 7.66. The third kappa shape index (κ3) is 6.81. The maximum absolute atomic E-state index is 12.2. The molecule has 0 spiro atoms. The molecular formula is C10H16N3O15P3. The van der Waals surface area contributed by atoms with Crippen molar-refractivity contribution in [2.45, 2.75) is 24.5 Å². The average Bonchev–Trinajstić information content (AvgIpc) is 2.85. The summed E-state index contributed by atoms with van der Waals surface area (Å²) in [6.45, 7) is -1.08. The fourth-order valence-corrected chi connectivity index (χ4v) is 5.39. The molecule has 2 heterocycles. The molecule has 1 aliphatic rings. The molecule has 2 rings (SSSR count). The number of aromatic nitrogens is 2. The Morgan fingerprint density at radius 3 is 2.29 bits per heavy atom. The molecule has 31 heavy (non-hydrogen) atoms. The monoisotopic (exact) mass is 511 g/mol. The van der Waals surface area contributed by atoms with Crippen molar-refractivity contribution in [2.24, 2.45) is 5.73 Å². The Bertz CT molecular complexity index is 1040. The summed E-state index contributed by atoms with van der Waals surface area (Å²) in [6, 6.07) is 0. The van der Waals surface area contributed by atoms with Crippen LogP contribution in [0.5, 0.6) is 0 Å². The maximum Gasteiger partial charge on any atom is 0.490 e. The lowest BCUT2D eigenvalue weighted by Crippen LogP contribution is -2.38. The van der Waals surface area contributed by atoms with E-state index in [0.717, 1.165) is 12.4 Å². The zero-order valence-electron chi connectivity index (χ0n) is 14.8. The third-order valence-electron chi connectivity index (χ3n) is 3.53. The molecule has 0 saturated carbocycles. The number of carbonyl (C=O) groups is 1. The molecule has 1 aliphatic heterocycles. The molecule has 1 fully saturated rings. The lowest BCUT2D eigenvalue weighted by molar-refractivity contribution is -0.0538. The molecule has 1 aromatic rings. The molecule has 1 amide bonds. The Kier molecular flexibility index (Phi) is 7.73. The number of primary amides is 1. The lowest BCUT2D eigenvalue weighted by atomic mass is 10.1. The van der Waals surface area contributed by atoms with Crippen molar-refractivity contribution in [3.05, 3.63) is 28.4 Å². The van der Waals surface area contributed by atoms with Gasteiger partial charge in [-0.05, 0) is 0 Å². The first-order chi connectivity index (χ1) is 14.0. The number of aliphatic hydroxyl groups is 2. The van der Waals surface area contributed by atoms with E-state index in [1.54, 1.807) is 0 Å². The normalized spacial score (nSPS) is 28.1. The van der Waals surface area contributed by atoms with Crippen LogP contribution in [0.15, 0.2) is 17.2 Å². The summed E-state index contributed by atoms with van der Waals surface area (Å²) in [5.41, 5.74) is 3.21. The van der Waals surface area contributed by atoms with E-state index in [2.05, 4.69) is 18.1 Å². The number of hydrogen-bond acceptors (Lipinski definition) is 12. The number of amides is 1. The fraction of sp³-hybridized carbons (Fsp3) is 0.500. The van der Waals surface area contributed by atoms with Gasteiger partial charge >= 0.3 is 23.5 Å². The van der Waals surface area contributed by atoms with E-state index in [-0.39, 0.29) is 0 Å². The van der Waals surface area contributed by atoms with Gasteiger partial charge in [-0.2, -0.15) is 8.62 Å². The van der Waals surface area contributed by atoms with Gasteiger partial charge < -0.3 is 40.3 Å². The molecule has 0 bridgehead atoms. The molecular weight excluding hydrogens is 495 g/mol. The summed E-state index contributed by atoms with van der Waals surface area (Å²) in [7, 11) is -16.9. The molecule has 176 valence electrons. The van der Waals surface area contributed by atoms with Crippen molar-refractivity contribution in [1.82, 2.24) is 9.55 Å². The number of nitrogens with two attached hydrogens (primary N) is 1. The molecule has 0 aliphatic carbocycles. The van der Waals surface area contributed by atoms with Crippen LogP contribution in [0.3, 0.4) is 0 Å². The lowest BCUT2D eigenvalue weighted by Gasteiger charge is -2.19. The van der Waals surface area contributed by atoms with Crippen molar-refractivity contribution in [2.75, 3.05) is 6.61 Å². The van der Waals surface area contributed by atoms with E-state index in [4.69, 9.17) is 25.2 Å². The number of phosphoric acid groups is 3. The van der Waals surface area contributed by atoms with Crippen molar-refractivity contribution in [3.8, 4) is 0 Å². The highest BCUT2D eigenvalue weighted by Crippen LogP contribution is 2.66. The van der Waals surface area contributed by atoms with Gasteiger partial charge in [0.15, 0.2) is 11.9 Å². The fourth-order valence-electron chi connectivity index (χ4n) is 2.36. The number of carbonyl (C=O) groups excluding carboxylic acids is 1. The molecule has 1 saturated heterocycles.